The van der Waals surface area contributed by atoms with E-state index in [1.807, 2.05) is 38.1 Å². The van der Waals surface area contributed by atoms with Crippen molar-refractivity contribution in [3.05, 3.63) is 34.3 Å². The van der Waals surface area contributed by atoms with E-state index in [4.69, 9.17) is 4.74 Å². The Balaban J connectivity index is 0.00000220. The number of rotatable bonds is 4. The fourth-order valence-electron chi connectivity index (χ4n) is 2.30. The van der Waals surface area contributed by atoms with Gasteiger partial charge in [-0.25, -0.2) is 0 Å². The van der Waals surface area contributed by atoms with Crippen molar-refractivity contribution in [1.29, 1.82) is 0 Å². The maximum absolute atomic E-state index is 12.1. The minimum Gasteiger partial charge on any atom is -0.375 e. The molecule has 1 saturated heterocycles. The monoisotopic (exact) mass is 376 g/mol. The van der Waals surface area contributed by atoms with Crippen molar-refractivity contribution in [2.75, 3.05) is 19.7 Å². The summed E-state index contributed by atoms with van der Waals surface area (Å²) < 4.78 is 6.59. The summed E-state index contributed by atoms with van der Waals surface area (Å²) in [6, 6.07) is 8.00. The maximum atomic E-state index is 12.1. The van der Waals surface area contributed by atoms with E-state index in [2.05, 4.69) is 26.6 Å². The Hall–Kier alpha value is -0.620. The summed E-state index contributed by atoms with van der Waals surface area (Å²) >= 11 is 3.42. The fourth-order valence-corrected chi connectivity index (χ4v) is 2.56. The lowest BCUT2D eigenvalue weighted by Crippen LogP contribution is -2.45. The maximum Gasteiger partial charge on any atom is 0.223 e. The molecule has 1 aromatic carbocycles. The smallest absolute Gasteiger partial charge is 0.223 e. The van der Waals surface area contributed by atoms with Crippen LogP contribution in [-0.2, 0) is 15.1 Å². The number of morpholine rings is 1. The number of ether oxygens (including phenoxy) is 1. The number of hydrogen-bond donors (Lipinski definition) is 2. The van der Waals surface area contributed by atoms with Crippen molar-refractivity contribution in [1.82, 2.24) is 10.6 Å². The Bertz CT molecular complexity index is 459. The molecule has 0 spiro atoms. The molecule has 21 heavy (non-hydrogen) atoms. The Morgan fingerprint density at radius 2 is 2.10 bits per heavy atom. The minimum absolute atomic E-state index is 0. The van der Waals surface area contributed by atoms with Gasteiger partial charge in [0.15, 0.2) is 0 Å². The highest BCUT2D eigenvalue weighted by atomic mass is 79.9. The molecule has 1 atom stereocenters. The van der Waals surface area contributed by atoms with Gasteiger partial charge in [0, 0.05) is 17.6 Å². The molecule has 1 fully saturated rings. The second-order valence-electron chi connectivity index (χ2n) is 5.58. The number of hydrogen-bond acceptors (Lipinski definition) is 3. The molecule has 0 saturated carbocycles. The van der Waals surface area contributed by atoms with E-state index in [9.17, 15) is 4.79 Å². The van der Waals surface area contributed by atoms with Gasteiger partial charge in [-0.1, -0.05) is 28.1 Å². The van der Waals surface area contributed by atoms with E-state index in [0.717, 1.165) is 23.1 Å². The van der Waals surface area contributed by atoms with Crippen molar-refractivity contribution in [2.24, 2.45) is 0 Å². The van der Waals surface area contributed by atoms with Gasteiger partial charge >= 0.3 is 0 Å². The van der Waals surface area contributed by atoms with Gasteiger partial charge in [-0.15, -0.1) is 12.4 Å². The van der Waals surface area contributed by atoms with E-state index >= 15 is 0 Å². The minimum atomic E-state index is -0.389. The van der Waals surface area contributed by atoms with Crippen LogP contribution < -0.4 is 10.6 Å². The second kappa shape index (κ2) is 8.13. The summed E-state index contributed by atoms with van der Waals surface area (Å²) in [6.07, 6.45) is 0.372. The number of benzene rings is 1. The summed E-state index contributed by atoms with van der Waals surface area (Å²) in [4.78, 5) is 12.1. The van der Waals surface area contributed by atoms with Crippen molar-refractivity contribution in [3.63, 3.8) is 0 Å². The molecule has 1 unspecified atom stereocenters. The summed E-state index contributed by atoms with van der Waals surface area (Å²) in [6.45, 7) is 6.30. The normalized spacial score (nSPS) is 18.7. The molecule has 2 rings (SSSR count). The SMILES string of the molecule is CC(C)(NC(=O)CC1CNCCO1)c1ccc(Br)cc1.Cl. The largest absolute Gasteiger partial charge is 0.375 e. The molecule has 2 N–H and O–H groups in total. The Labute approximate surface area is 140 Å². The van der Waals surface area contributed by atoms with E-state index in [0.29, 0.717) is 13.0 Å². The zero-order valence-corrected chi connectivity index (χ0v) is 14.7. The highest BCUT2D eigenvalue weighted by molar-refractivity contribution is 9.10. The standard InChI is InChI=1S/C15H21BrN2O2.ClH/c1-15(2,11-3-5-12(16)6-4-11)18-14(19)9-13-10-17-7-8-20-13;/h3-6,13,17H,7-10H2,1-2H3,(H,18,19);1H. The molecule has 1 aromatic rings. The van der Waals surface area contributed by atoms with Gasteiger partial charge in [-0.05, 0) is 31.5 Å². The van der Waals surface area contributed by atoms with Gasteiger partial charge in [0.1, 0.15) is 0 Å². The lowest BCUT2D eigenvalue weighted by molar-refractivity contribution is -0.126. The zero-order valence-electron chi connectivity index (χ0n) is 12.3. The van der Waals surface area contributed by atoms with Gasteiger partial charge in [0.2, 0.25) is 5.91 Å². The van der Waals surface area contributed by atoms with Crippen molar-refractivity contribution in [3.8, 4) is 0 Å². The number of halogens is 2. The van der Waals surface area contributed by atoms with Crippen LogP contribution in [0.15, 0.2) is 28.7 Å². The molecule has 1 aliphatic heterocycles. The molecule has 6 heteroatoms. The van der Waals surface area contributed by atoms with Crippen LogP contribution in [0.5, 0.6) is 0 Å². The summed E-state index contributed by atoms with van der Waals surface area (Å²) in [5.74, 6) is 0.0200. The Morgan fingerprint density at radius 1 is 1.43 bits per heavy atom. The van der Waals surface area contributed by atoms with Crippen LogP contribution in [-0.4, -0.2) is 31.7 Å². The molecule has 118 valence electrons. The van der Waals surface area contributed by atoms with Crippen molar-refractivity contribution in [2.45, 2.75) is 31.9 Å². The molecular formula is C15H22BrClN2O2. The topological polar surface area (TPSA) is 50.4 Å². The van der Waals surface area contributed by atoms with Gasteiger partial charge in [0.25, 0.3) is 0 Å². The van der Waals surface area contributed by atoms with Crippen LogP contribution in [0.3, 0.4) is 0 Å². The third-order valence-corrected chi connectivity index (χ3v) is 3.96. The average molecular weight is 378 g/mol. The van der Waals surface area contributed by atoms with Crippen molar-refractivity contribution >= 4 is 34.2 Å². The van der Waals surface area contributed by atoms with Gasteiger partial charge in [-0.3, -0.25) is 4.79 Å². The van der Waals surface area contributed by atoms with Crippen LogP contribution >= 0.6 is 28.3 Å². The van der Waals surface area contributed by atoms with Crippen LogP contribution in [0.2, 0.25) is 0 Å². The highest BCUT2D eigenvalue weighted by Gasteiger charge is 2.25. The molecular weight excluding hydrogens is 356 g/mol. The van der Waals surface area contributed by atoms with E-state index < -0.39 is 0 Å². The third kappa shape index (κ3) is 5.58. The molecule has 1 amide bonds. The van der Waals surface area contributed by atoms with E-state index in [1.54, 1.807) is 0 Å². The highest BCUT2D eigenvalue weighted by Crippen LogP contribution is 2.22. The second-order valence-corrected chi connectivity index (χ2v) is 6.50. The molecule has 4 nitrogen and oxygen atoms in total. The third-order valence-electron chi connectivity index (χ3n) is 3.44. The quantitative estimate of drug-likeness (QED) is 0.848. The van der Waals surface area contributed by atoms with Gasteiger partial charge < -0.3 is 15.4 Å². The van der Waals surface area contributed by atoms with Gasteiger partial charge in [0.05, 0.1) is 24.7 Å². The summed E-state index contributed by atoms with van der Waals surface area (Å²) in [5.41, 5.74) is 0.691. The molecule has 0 bridgehead atoms. The predicted molar refractivity (Wildman–Crippen MR) is 89.8 cm³/mol. The molecule has 0 aliphatic carbocycles. The zero-order chi connectivity index (χ0) is 14.6. The average Bonchev–Trinajstić information content (AvgIpc) is 2.39. The lowest BCUT2D eigenvalue weighted by atomic mass is 9.94. The lowest BCUT2D eigenvalue weighted by Gasteiger charge is -2.29. The van der Waals surface area contributed by atoms with Gasteiger partial charge in [-0.2, -0.15) is 0 Å². The first-order valence-electron chi connectivity index (χ1n) is 6.87. The number of carbonyl (C=O) groups excluding carboxylic acids is 1. The first-order valence-corrected chi connectivity index (χ1v) is 7.66. The molecule has 1 heterocycles. The Kier molecular flexibility index (Phi) is 7.13. The van der Waals surface area contributed by atoms with Crippen LogP contribution in [0.25, 0.3) is 0 Å². The molecule has 0 radical (unpaired) electrons. The first-order chi connectivity index (χ1) is 9.47. The Morgan fingerprint density at radius 3 is 2.67 bits per heavy atom. The number of carbonyl (C=O) groups is 1. The fraction of sp³-hybridized carbons (Fsp3) is 0.533. The van der Waals surface area contributed by atoms with E-state index in [1.165, 1.54) is 0 Å². The van der Waals surface area contributed by atoms with Crippen molar-refractivity contribution < 1.29 is 9.53 Å². The number of nitrogens with one attached hydrogen (secondary N) is 2. The van der Waals surface area contributed by atoms with Crippen LogP contribution in [0.1, 0.15) is 25.8 Å². The predicted octanol–water partition coefficient (Wildman–Crippen LogP) is 2.60. The number of amides is 1. The molecule has 0 aromatic heterocycles. The van der Waals surface area contributed by atoms with Crippen LogP contribution in [0.4, 0.5) is 0 Å². The summed E-state index contributed by atoms with van der Waals surface area (Å²) in [7, 11) is 0. The summed E-state index contributed by atoms with van der Waals surface area (Å²) in [5, 5.41) is 6.31. The van der Waals surface area contributed by atoms with Crippen LogP contribution in [0, 0.1) is 0 Å². The van der Waals surface area contributed by atoms with E-state index in [-0.39, 0.29) is 30.0 Å². The molecule has 1 aliphatic rings. The first kappa shape index (κ1) is 18.4.